The lowest BCUT2D eigenvalue weighted by Crippen LogP contribution is -2.45. The van der Waals surface area contributed by atoms with Crippen molar-refractivity contribution in [3.05, 3.63) is 15.8 Å². The highest BCUT2D eigenvalue weighted by Crippen LogP contribution is 2.40. The number of alkyl halides is 3. The number of piperidine rings is 1. The Hall–Kier alpha value is -1.06. The topological polar surface area (TPSA) is 49.8 Å². The number of rotatable bonds is 4. The van der Waals surface area contributed by atoms with Crippen LogP contribution in [0.25, 0.3) is 0 Å². The summed E-state index contributed by atoms with van der Waals surface area (Å²) >= 11 is 0.392. The molecule has 0 radical (unpaired) electrons. The Morgan fingerprint density at radius 2 is 2.10 bits per heavy atom. The summed E-state index contributed by atoms with van der Waals surface area (Å²) < 4.78 is 43.5. The molecule has 0 atom stereocenters. The third-order valence-corrected chi connectivity index (χ3v) is 4.50. The van der Waals surface area contributed by atoms with E-state index in [1.807, 2.05) is 4.81 Å². The SMILES string of the molecule is CB(O)N1CCC(Oc2cc(C(F)(F)F)sc2C=O)CC1. The van der Waals surface area contributed by atoms with Crippen LogP contribution in [0.1, 0.15) is 27.4 Å². The summed E-state index contributed by atoms with van der Waals surface area (Å²) in [4.78, 5) is 11.9. The van der Waals surface area contributed by atoms with Gasteiger partial charge < -0.3 is 14.6 Å². The molecule has 1 aromatic heterocycles. The van der Waals surface area contributed by atoms with Crippen molar-refractivity contribution in [2.45, 2.75) is 31.9 Å². The van der Waals surface area contributed by atoms with E-state index in [1.165, 1.54) is 0 Å². The first kappa shape index (κ1) is 16.3. The molecule has 9 heteroatoms. The van der Waals surface area contributed by atoms with E-state index in [-0.39, 0.29) is 16.7 Å². The summed E-state index contributed by atoms with van der Waals surface area (Å²) in [5.41, 5.74) is 0. The molecule has 4 nitrogen and oxygen atoms in total. The van der Waals surface area contributed by atoms with Gasteiger partial charge in [0.1, 0.15) is 21.6 Å². The van der Waals surface area contributed by atoms with Crippen molar-refractivity contribution in [2.75, 3.05) is 13.1 Å². The predicted molar refractivity (Wildman–Crippen MR) is 73.8 cm³/mol. The van der Waals surface area contributed by atoms with Gasteiger partial charge in [0.05, 0.1) is 0 Å². The van der Waals surface area contributed by atoms with Gasteiger partial charge in [0.15, 0.2) is 6.29 Å². The smallest absolute Gasteiger partial charge is 0.425 e. The van der Waals surface area contributed by atoms with Crippen LogP contribution in [0, 0.1) is 0 Å². The second-order valence-electron chi connectivity index (χ2n) is 4.94. The third kappa shape index (κ3) is 3.99. The van der Waals surface area contributed by atoms with Crippen molar-refractivity contribution in [3.63, 3.8) is 0 Å². The van der Waals surface area contributed by atoms with E-state index in [0.29, 0.717) is 43.6 Å². The fraction of sp³-hybridized carbons (Fsp3) is 0.583. The maximum Gasteiger partial charge on any atom is 0.425 e. The Balaban J connectivity index is 2.03. The average Bonchev–Trinajstić information content (AvgIpc) is 2.82. The Bertz CT molecular complexity index is 498. The quantitative estimate of drug-likeness (QED) is 0.684. The van der Waals surface area contributed by atoms with E-state index in [9.17, 15) is 23.0 Å². The molecule has 1 aliphatic heterocycles. The molecule has 0 saturated carbocycles. The lowest BCUT2D eigenvalue weighted by molar-refractivity contribution is -0.134. The van der Waals surface area contributed by atoms with Crippen LogP contribution in [0.15, 0.2) is 6.07 Å². The van der Waals surface area contributed by atoms with E-state index in [2.05, 4.69) is 0 Å². The van der Waals surface area contributed by atoms with Crippen LogP contribution in [0.5, 0.6) is 5.75 Å². The molecule has 1 aliphatic rings. The predicted octanol–water partition coefficient (Wildman–Crippen LogP) is 2.53. The first-order valence-corrected chi connectivity index (χ1v) is 7.38. The molecular weight excluding hydrogens is 306 g/mol. The van der Waals surface area contributed by atoms with Crippen LogP contribution in [0.3, 0.4) is 0 Å². The number of halogens is 3. The van der Waals surface area contributed by atoms with E-state index in [4.69, 9.17) is 4.74 Å². The molecule has 0 bridgehead atoms. The fourth-order valence-corrected chi connectivity index (χ4v) is 3.02. The van der Waals surface area contributed by atoms with Crippen molar-refractivity contribution in [1.82, 2.24) is 4.81 Å². The molecule has 0 unspecified atom stereocenters. The Morgan fingerprint density at radius 3 is 2.57 bits per heavy atom. The zero-order chi connectivity index (χ0) is 15.6. The molecule has 0 aromatic carbocycles. The highest BCUT2D eigenvalue weighted by molar-refractivity contribution is 7.14. The summed E-state index contributed by atoms with van der Waals surface area (Å²) in [6, 6.07) is 0.884. The zero-order valence-corrected chi connectivity index (χ0v) is 12.2. The fourth-order valence-electron chi connectivity index (χ4n) is 2.25. The number of aldehydes is 1. The van der Waals surface area contributed by atoms with Crippen molar-refractivity contribution in [3.8, 4) is 5.75 Å². The standard InChI is InChI=1S/C12H15BF3NO3S/c1-13(19)17-4-2-8(3-5-17)20-9-6-11(12(14,15)16)21-10(9)7-18/h6-8,19H,2-5H2,1H3. The molecule has 1 saturated heterocycles. The van der Waals surface area contributed by atoms with Crippen LogP contribution in [-0.4, -0.2) is 42.4 Å². The summed E-state index contributed by atoms with van der Waals surface area (Å²) in [6.07, 6.45) is -3.13. The molecular formula is C12H15BF3NO3S. The van der Waals surface area contributed by atoms with Crippen LogP contribution < -0.4 is 4.74 Å². The average molecular weight is 321 g/mol. The van der Waals surface area contributed by atoms with Gasteiger partial charge in [-0.3, -0.25) is 4.79 Å². The summed E-state index contributed by atoms with van der Waals surface area (Å²) in [6.45, 7) is 2.88. The monoisotopic (exact) mass is 321 g/mol. The number of nitrogens with zero attached hydrogens (tertiary/aromatic N) is 1. The Kier molecular flexibility index (Phi) is 4.95. The first-order chi connectivity index (χ1) is 9.81. The van der Waals surface area contributed by atoms with Gasteiger partial charge in [-0.15, -0.1) is 11.3 Å². The van der Waals surface area contributed by atoms with E-state index >= 15 is 0 Å². The van der Waals surface area contributed by atoms with Gasteiger partial charge in [0.2, 0.25) is 0 Å². The Morgan fingerprint density at radius 1 is 1.48 bits per heavy atom. The molecule has 1 aromatic rings. The van der Waals surface area contributed by atoms with E-state index in [1.54, 1.807) is 6.82 Å². The summed E-state index contributed by atoms with van der Waals surface area (Å²) in [5.74, 6) is -0.00202. The lowest BCUT2D eigenvalue weighted by atomic mass is 9.82. The van der Waals surface area contributed by atoms with Gasteiger partial charge >= 0.3 is 13.2 Å². The van der Waals surface area contributed by atoms with Crippen LogP contribution in [0.4, 0.5) is 13.2 Å². The minimum atomic E-state index is -4.47. The van der Waals surface area contributed by atoms with Crippen molar-refractivity contribution < 1.29 is 27.7 Å². The molecule has 0 spiro atoms. The maximum atomic E-state index is 12.6. The third-order valence-electron chi connectivity index (χ3n) is 3.41. The van der Waals surface area contributed by atoms with Crippen molar-refractivity contribution >= 4 is 24.7 Å². The van der Waals surface area contributed by atoms with Crippen molar-refractivity contribution in [2.24, 2.45) is 0 Å². The van der Waals surface area contributed by atoms with E-state index < -0.39 is 18.1 Å². The van der Waals surface area contributed by atoms with E-state index in [0.717, 1.165) is 6.07 Å². The van der Waals surface area contributed by atoms with Gasteiger partial charge in [-0.05, 0) is 32.8 Å². The summed E-state index contributed by atoms with van der Waals surface area (Å²) in [7, 11) is -0.547. The highest BCUT2D eigenvalue weighted by Gasteiger charge is 2.35. The number of carbonyl (C=O) groups is 1. The van der Waals surface area contributed by atoms with Gasteiger partial charge in [0, 0.05) is 6.07 Å². The molecule has 0 amide bonds. The molecule has 1 fully saturated rings. The minimum absolute atomic E-state index is 0.00202. The van der Waals surface area contributed by atoms with Gasteiger partial charge in [-0.2, -0.15) is 13.2 Å². The number of ether oxygens (including phenoxy) is 1. The van der Waals surface area contributed by atoms with Crippen molar-refractivity contribution in [1.29, 1.82) is 0 Å². The first-order valence-electron chi connectivity index (χ1n) is 6.56. The van der Waals surface area contributed by atoms with Crippen LogP contribution in [0.2, 0.25) is 6.82 Å². The molecule has 0 aliphatic carbocycles. The Labute approximate surface area is 124 Å². The lowest BCUT2D eigenvalue weighted by Gasteiger charge is -2.32. The van der Waals surface area contributed by atoms with Crippen LogP contribution in [-0.2, 0) is 6.18 Å². The molecule has 1 N–H and O–H groups in total. The van der Waals surface area contributed by atoms with Gasteiger partial charge in [-0.25, -0.2) is 0 Å². The van der Waals surface area contributed by atoms with Crippen LogP contribution >= 0.6 is 11.3 Å². The molecule has 2 rings (SSSR count). The number of carbonyl (C=O) groups excluding carboxylic acids is 1. The molecule has 2 heterocycles. The largest absolute Gasteiger partial charge is 0.489 e. The van der Waals surface area contributed by atoms with Gasteiger partial charge in [-0.1, -0.05) is 0 Å². The number of hydrogen-bond donors (Lipinski definition) is 1. The minimum Gasteiger partial charge on any atom is -0.489 e. The zero-order valence-electron chi connectivity index (χ0n) is 11.4. The maximum absolute atomic E-state index is 12.6. The summed E-state index contributed by atoms with van der Waals surface area (Å²) in [5, 5.41) is 9.44. The second-order valence-corrected chi connectivity index (χ2v) is 6.02. The number of thiophene rings is 1. The van der Waals surface area contributed by atoms with Gasteiger partial charge in [0.25, 0.3) is 0 Å². The second kappa shape index (κ2) is 6.37. The highest BCUT2D eigenvalue weighted by atomic mass is 32.1. The molecule has 21 heavy (non-hydrogen) atoms. The molecule has 116 valence electrons. The number of hydrogen-bond acceptors (Lipinski definition) is 5. The normalized spacial score (nSPS) is 17.8.